The summed E-state index contributed by atoms with van der Waals surface area (Å²) in [6.07, 6.45) is 3.76. The average molecular weight is 176 g/mol. The van der Waals surface area contributed by atoms with E-state index in [4.69, 9.17) is 0 Å². The Hall–Kier alpha value is -0.890. The molecule has 1 aliphatic rings. The molecular formula is C11H16N2. The number of pyridine rings is 1. The highest BCUT2D eigenvalue weighted by atomic mass is 14.9. The Balaban J connectivity index is 2.27. The minimum atomic E-state index is 0.376. The van der Waals surface area contributed by atoms with Gasteiger partial charge in [-0.15, -0.1) is 0 Å². The minimum Gasteiger partial charge on any atom is -0.316 e. The lowest BCUT2D eigenvalue weighted by molar-refractivity contribution is 0.363. The smallest absolute Gasteiger partial charge is 0.0270 e. The molecule has 0 bridgehead atoms. The molecule has 2 rings (SSSR count). The summed E-state index contributed by atoms with van der Waals surface area (Å²) in [6, 6.07) is 4.25. The van der Waals surface area contributed by atoms with Gasteiger partial charge in [-0.2, -0.15) is 0 Å². The molecule has 1 fully saturated rings. The van der Waals surface area contributed by atoms with Gasteiger partial charge < -0.3 is 5.32 Å². The third kappa shape index (κ3) is 1.59. The molecule has 1 aliphatic heterocycles. The van der Waals surface area contributed by atoms with E-state index < -0.39 is 0 Å². The van der Waals surface area contributed by atoms with E-state index in [1.165, 1.54) is 5.56 Å². The monoisotopic (exact) mass is 176 g/mol. The predicted molar refractivity (Wildman–Crippen MR) is 53.6 cm³/mol. The fourth-order valence-corrected chi connectivity index (χ4v) is 2.10. The number of aromatic nitrogens is 1. The summed E-state index contributed by atoms with van der Waals surface area (Å²) in [5, 5.41) is 3.44. The van der Waals surface area contributed by atoms with Gasteiger partial charge in [0.05, 0.1) is 0 Å². The van der Waals surface area contributed by atoms with Gasteiger partial charge >= 0.3 is 0 Å². The molecule has 0 aliphatic carbocycles. The molecule has 1 atom stereocenters. The van der Waals surface area contributed by atoms with E-state index in [0.29, 0.717) is 11.3 Å². The highest BCUT2D eigenvalue weighted by Gasteiger charge is 2.35. The van der Waals surface area contributed by atoms with Crippen LogP contribution >= 0.6 is 0 Å². The maximum atomic E-state index is 4.04. The van der Waals surface area contributed by atoms with Crippen molar-refractivity contribution < 1.29 is 0 Å². The largest absolute Gasteiger partial charge is 0.316 e. The van der Waals surface area contributed by atoms with E-state index in [-0.39, 0.29) is 0 Å². The van der Waals surface area contributed by atoms with E-state index >= 15 is 0 Å². The number of rotatable bonds is 1. The van der Waals surface area contributed by atoms with Gasteiger partial charge in [0.15, 0.2) is 0 Å². The lowest BCUT2D eigenvalue weighted by Crippen LogP contribution is -2.20. The Bertz CT molecular complexity index is 279. The molecule has 1 aromatic rings. The van der Waals surface area contributed by atoms with Crippen LogP contribution in [0, 0.1) is 5.41 Å². The molecule has 1 unspecified atom stereocenters. The number of hydrogen-bond donors (Lipinski definition) is 1. The molecule has 2 nitrogen and oxygen atoms in total. The highest BCUT2D eigenvalue weighted by Crippen LogP contribution is 2.37. The summed E-state index contributed by atoms with van der Waals surface area (Å²) < 4.78 is 0. The van der Waals surface area contributed by atoms with Crippen LogP contribution in [-0.4, -0.2) is 18.1 Å². The Morgan fingerprint density at radius 2 is 2.08 bits per heavy atom. The van der Waals surface area contributed by atoms with Crippen molar-refractivity contribution in [1.29, 1.82) is 0 Å². The summed E-state index contributed by atoms with van der Waals surface area (Å²) in [5.74, 6) is 0.635. The molecule has 13 heavy (non-hydrogen) atoms. The van der Waals surface area contributed by atoms with Crippen molar-refractivity contribution in [3.8, 4) is 0 Å². The Labute approximate surface area is 79.4 Å². The average Bonchev–Trinajstić information content (AvgIpc) is 2.47. The van der Waals surface area contributed by atoms with Crippen molar-refractivity contribution in [1.82, 2.24) is 10.3 Å². The zero-order chi connectivity index (χ0) is 9.31. The first-order valence-corrected chi connectivity index (χ1v) is 4.81. The molecule has 1 N–H and O–H groups in total. The van der Waals surface area contributed by atoms with Crippen LogP contribution in [0.15, 0.2) is 24.5 Å². The SMILES string of the molecule is CC1(C)CNCC1c1ccncc1. The van der Waals surface area contributed by atoms with Crippen molar-refractivity contribution in [2.45, 2.75) is 19.8 Å². The molecule has 0 amide bonds. The summed E-state index contributed by atoms with van der Waals surface area (Å²) >= 11 is 0. The molecule has 2 heterocycles. The third-order valence-corrected chi connectivity index (χ3v) is 2.98. The number of nitrogens with one attached hydrogen (secondary N) is 1. The molecular weight excluding hydrogens is 160 g/mol. The first kappa shape index (κ1) is 8.70. The van der Waals surface area contributed by atoms with Crippen LogP contribution in [-0.2, 0) is 0 Å². The molecule has 0 saturated carbocycles. The first-order valence-electron chi connectivity index (χ1n) is 4.81. The van der Waals surface area contributed by atoms with Gasteiger partial charge in [-0.25, -0.2) is 0 Å². The van der Waals surface area contributed by atoms with Gasteiger partial charge in [0.1, 0.15) is 0 Å². The summed E-state index contributed by atoms with van der Waals surface area (Å²) in [6.45, 7) is 6.84. The van der Waals surface area contributed by atoms with E-state index in [9.17, 15) is 0 Å². The maximum Gasteiger partial charge on any atom is 0.0270 e. The molecule has 0 aromatic carbocycles. The lowest BCUT2D eigenvalue weighted by atomic mass is 9.78. The quantitative estimate of drug-likeness (QED) is 0.705. The third-order valence-electron chi connectivity index (χ3n) is 2.98. The van der Waals surface area contributed by atoms with Crippen molar-refractivity contribution >= 4 is 0 Å². The van der Waals surface area contributed by atoms with Crippen LogP contribution in [0.2, 0.25) is 0 Å². The topological polar surface area (TPSA) is 24.9 Å². The molecule has 0 spiro atoms. The van der Waals surface area contributed by atoms with Crippen LogP contribution in [0.4, 0.5) is 0 Å². The van der Waals surface area contributed by atoms with Crippen molar-refractivity contribution in [2.24, 2.45) is 5.41 Å². The highest BCUT2D eigenvalue weighted by molar-refractivity contribution is 5.21. The van der Waals surface area contributed by atoms with E-state index in [2.05, 4.69) is 36.3 Å². The molecule has 1 saturated heterocycles. The van der Waals surface area contributed by atoms with Crippen LogP contribution in [0.1, 0.15) is 25.3 Å². The van der Waals surface area contributed by atoms with E-state index in [0.717, 1.165) is 13.1 Å². The second kappa shape index (κ2) is 3.11. The summed E-state index contributed by atoms with van der Waals surface area (Å²) in [5.41, 5.74) is 1.78. The summed E-state index contributed by atoms with van der Waals surface area (Å²) in [7, 11) is 0. The number of nitrogens with zero attached hydrogens (tertiary/aromatic N) is 1. The second-order valence-corrected chi connectivity index (χ2v) is 4.45. The van der Waals surface area contributed by atoms with Crippen LogP contribution < -0.4 is 5.32 Å². The van der Waals surface area contributed by atoms with E-state index in [1.807, 2.05) is 12.4 Å². The molecule has 1 aromatic heterocycles. The predicted octanol–water partition coefficient (Wildman–Crippen LogP) is 1.79. The Kier molecular flexibility index (Phi) is 2.08. The first-order chi connectivity index (χ1) is 6.20. The van der Waals surface area contributed by atoms with Gasteiger partial charge in [-0.3, -0.25) is 4.98 Å². The van der Waals surface area contributed by atoms with E-state index in [1.54, 1.807) is 0 Å². The molecule has 0 radical (unpaired) electrons. The van der Waals surface area contributed by atoms with Crippen LogP contribution in [0.5, 0.6) is 0 Å². The van der Waals surface area contributed by atoms with Crippen molar-refractivity contribution in [3.63, 3.8) is 0 Å². The fourth-order valence-electron chi connectivity index (χ4n) is 2.10. The van der Waals surface area contributed by atoms with Crippen molar-refractivity contribution in [3.05, 3.63) is 30.1 Å². The minimum absolute atomic E-state index is 0.376. The van der Waals surface area contributed by atoms with Crippen LogP contribution in [0.25, 0.3) is 0 Å². The lowest BCUT2D eigenvalue weighted by Gasteiger charge is -2.25. The zero-order valence-corrected chi connectivity index (χ0v) is 8.25. The maximum absolute atomic E-state index is 4.04. The van der Waals surface area contributed by atoms with Gasteiger partial charge in [-0.05, 0) is 23.1 Å². The summed E-state index contributed by atoms with van der Waals surface area (Å²) in [4.78, 5) is 4.04. The Morgan fingerprint density at radius 3 is 2.62 bits per heavy atom. The molecule has 70 valence electrons. The standard InChI is InChI=1S/C11H16N2/c1-11(2)8-13-7-10(11)9-3-5-12-6-4-9/h3-6,10,13H,7-8H2,1-2H3. The van der Waals surface area contributed by atoms with Gasteiger partial charge in [0, 0.05) is 31.4 Å². The second-order valence-electron chi connectivity index (χ2n) is 4.45. The Morgan fingerprint density at radius 1 is 1.38 bits per heavy atom. The fraction of sp³-hybridized carbons (Fsp3) is 0.545. The normalized spacial score (nSPS) is 26.2. The van der Waals surface area contributed by atoms with Crippen LogP contribution in [0.3, 0.4) is 0 Å². The van der Waals surface area contributed by atoms with Gasteiger partial charge in [0.25, 0.3) is 0 Å². The van der Waals surface area contributed by atoms with Gasteiger partial charge in [-0.1, -0.05) is 13.8 Å². The molecule has 2 heteroatoms. The van der Waals surface area contributed by atoms with Crippen molar-refractivity contribution in [2.75, 3.05) is 13.1 Å². The zero-order valence-electron chi connectivity index (χ0n) is 8.25. The number of hydrogen-bond acceptors (Lipinski definition) is 2. The van der Waals surface area contributed by atoms with Gasteiger partial charge in [0.2, 0.25) is 0 Å².